The Morgan fingerprint density at radius 3 is 2.59 bits per heavy atom. The molecule has 0 unspecified atom stereocenters. The molecule has 0 N–H and O–H groups in total. The van der Waals surface area contributed by atoms with Gasteiger partial charge in [0.15, 0.2) is 0 Å². The van der Waals surface area contributed by atoms with E-state index in [0.29, 0.717) is 12.8 Å². The average molecular weight is 299 g/mol. The smallest absolute Gasteiger partial charge is 0.135 e. The highest BCUT2D eigenvalue weighted by Crippen LogP contribution is 2.51. The van der Waals surface area contributed by atoms with Gasteiger partial charge in [-0.05, 0) is 42.7 Å². The molecule has 118 valence electrons. The van der Waals surface area contributed by atoms with E-state index in [-0.39, 0.29) is 17.1 Å². The van der Waals surface area contributed by atoms with Crippen molar-refractivity contribution in [3.05, 3.63) is 29.8 Å². The van der Waals surface area contributed by atoms with Gasteiger partial charge in [-0.15, -0.1) is 0 Å². The molecule has 0 amide bonds. The van der Waals surface area contributed by atoms with Crippen LogP contribution in [0.4, 0.5) is 0 Å². The van der Waals surface area contributed by atoms with Crippen molar-refractivity contribution >= 4 is 5.78 Å². The van der Waals surface area contributed by atoms with Gasteiger partial charge in [0.1, 0.15) is 11.5 Å². The molecule has 2 atom stereocenters. The normalized spacial score (nSPS) is 27.2. The van der Waals surface area contributed by atoms with Gasteiger partial charge >= 0.3 is 0 Å². The third-order valence-electron chi connectivity index (χ3n) is 5.08. The quantitative estimate of drug-likeness (QED) is 0.838. The van der Waals surface area contributed by atoms with Crippen LogP contribution in [0.1, 0.15) is 45.6 Å². The van der Waals surface area contributed by atoms with E-state index >= 15 is 0 Å². The number of nitriles is 1. The van der Waals surface area contributed by atoms with E-state index in [1.54, 1.807) is 7.11 Å². The highest BCUT2D eigenvalue weighted by molar-refractivity contribution is 5.81. The molecule has 1 aromatic rings. The summed E-state index contributed by atoms with van der Waals surface area (Å²) in [6, 6.07) is 10.4. The lowest BCUT2D eigenvalue weighted by molar-refractivity contribution is -0.130. The van der Waals surface area contributed by atoms with E-state index in [0.717, 1.165) is 24.2 Å². The molecule has 1 aromatic carbocycles. The van der Waals surface area contributed by atoms with Gasteiger partial charge in [0.25, 0.3) is 0 Å². The maximum atomic E-state index is 12.0. The van der Waals surface area contributed by atoms with Gasteiger partial charge in [-0.1, -0.05) is 32.0 Å². The van der Waals surface area contributed by atoms with Crippen molar-refractivity contribution in [3.63, 3.8) is 0 Å². The Balaban J connectivity index is 2.22. The number of ketones is 1. The van der Waals surface area contributed by atoms with E-state index in [4.69, 9.17) is 4.74 Å². The standard InChI is InChI=1S/C19H25NO2/c1-18(2)11-15(21)12-19(3,13-20)17(18)10-9-14-7-5-6-8-16(14)22-4/h5-8,17H,9-12H2,1-4H3/t17-,19-/m0/s1. The third kappa shape index (κ3) is 3.16. The van der Waals surface area contributed by atoms with Crippen LogP contribution in [0.5, 0.6) is 5.75 Å². The summed E-state index contributed by atoms with van der Waals surface area (Å²) < 4.78 is 5.41. The van der Waals surface area contributed by atoms with Crippen LogP contribution in [0.2, 0.25) is 0 Å². The second kappa shape index (κ2) is 6.12. The first-order valence-corrected chi connectivity index (χ1v) is 7.87. The molecule has 0 aliphatic heterocycles. The monoisotopic (exact) mass is 299 g/mol. The molecular weight excluding hydrogens is 274 g/mol. The Morgan fingerprint density at radius 1 is 1.27 bits per heavy atom. The molecule has 1 fully saturated rings. The molecule has 3 nitrogen and oxygen atoms in total. The van der Waals surface area contributed by atoms with Crippen molar-refractivity contribution in [3.8, 4) is 11.8 Å². The van der Waals surface area contributed by atoms with Crippen LogP contribution in [-0.2, 0) is 11.2 Å². The lowest BCUT2D eigenvalue weighted by Crippen LogP contribution is -2.45. The predicted molar refractivity (Wildman–Crippen MR) is 86.5 cm³/mol. The predicted octanol–water partition coefficient (Wildman–Crippen LogP) is 4.16. The molecule has 0 bridgehead atoms. The maximum absolute atomic E-state index is 12.0. The summed E-state index contributed by atoms with van der Waals surface area (Å²) in [6.07, 6.45) is 2.71. The maximum Gasteiger partial charge on any atom is 0.135 e. The van der Waals surface area contributed by atoms with E-state index in [1.807, 2.05) is 25.1 Å². The summed E-state index contributed by atoms with van der Waals surface area (Å²) in [7, 11) is 1.68. The SMILES string of the molecule is COc1ccccc1CC[C@H]1C(C)(C)CC(=O)C[C@@]1(C)C#N. The summed E-state index contributed by atoms with van der Waals surface area (Å²) in [5, 5.41) is 9.64. The van der Waals surface area contributed by atoms with Gasteiger partial charge in [-0.25, -0.2) is 0 Å². The second-order valence-electron chi connectivity index (χ2n) is 7.31. The molecule has 0 spiro atoms. The molecule has 1 saturated carbocycles. The van der Waals surface area contributed by atoms with E-state index in [2.05, 4.69) is 26.0 Å². The molecule has 0 aromatic heterocycles. The van der Waals surface area contributed by atoms with Gasteiger partial charge < -0.3 is 4.74 Å². The number of benzene rings is 1. The number of carbonyl (C=O) groups is 1. The molecule has 1 aliphatic rings. The van der Waals surface area contributed by atoms with Crippen molar-refractivity contribution in [2.24, 2.45) is 16.7 Å². The van der Waals surface area contributed by atoms with Crippen LogP contribution in [0.3, 0.4) is 0 Å². The number of para-hydroxylation sites is 1. The molecule has 2 rings (SSSR count). The van der Waals surface area contributed by atoms with Gasteiger partial charge in [0, 0.05) is 12.8 Å². The lowest BCUT2D eigenvalue weighted by atomic mass is 9.55. The fourth-order valence-corrected chi connectivity index (χ4v) is 4.13. The van der Waals surface area contributed by atoms with Crippen LogP contribution in [0, 0.1) is 28.1 Å². The van der Waals surface area contributed by atoms with Crippen LogP contribution in [0.25, 0.3) is 0 Å². The van der Waals surface area contributed by atoms with Gasteiger partial charge in [-0.3, -0.25) is 4.79 Å². The minimum absolute atomic E-state index is 0.137. The second-order valence-corrected chi connectivity index (χ2v) is 7.31. The number of nitrogens with zero attached hydrogens (tertiary/aromatic N) is 1. The minimum Gasteiger partial charge on any atom is -0.496 e. The highest BCUT2D eigenvalue weighted by Gasteiger charge is 2.49. The Morgan fingerprint density at radius 2 is 1.95 bits per heavy atom. The molecular formula is C19H25NO2. The van der Waals surface area contributed by atoms with Crippen molar-refractivity contribution in [1.82, 2.24) is 0 Å². The first kappa shape index (κ1) is 16.5. The number of Topliss-reactive ketones (excluding diaryl/α,β-unsaturated/α-hetero) is 1. The van der Waals surface area contributed by atoms with Crippen molar-refractivity contribution in [1.29, 1.82) is 5.26 Å². The van der Waals surface area contributed by atoms with Crippen LogP contribution >= 0.6 is 0 Å². The van der Waals surface area contributed by atoms with E-state index in [1.165, 1.54) is 0 Å². The molecule has 22 heavy (non-hydrogen) atoms. The Labute approximate surface area is 133 Å². The number of aryl methyl sites for hydroxylation is 1. The third-order valence-corrected chi connectivity index (χ3v) is 5.08. The zero-order valence-corrected chi connectivity index (χ0v) is 14.0. The Bertz CT molecular complexity index is 600. The Hall–Kier alpha value is -1.82. The number of carbonyl (C=O) groups excluding carboxylic acids is 1. The van der Waals surface area contributed by atoms with Crippen LogP contribution < -0.4 is 4.74 Å². The molecule has 0 radical (unpaired) electrons. The van der Waals surface area contributed by atoms with Gasteiger partial charge in [0.2, 0.25) is 0 Å². The molecule has 0 heterocycles. The average Bonchev–Trinajstić information content (AvgIpc) is 2.45. The topological polar surface area (TPSA) is 50.1 Å². The summed E-state index contributed by atoms with van der Waals surface area (Å²) in [4.78, 5) is 12.0. The fourth-order valence-electron chi connectivity index (χ4n) is 4.13. The highest BCUT2D eigenvalue weighted by atomic mass is 16.5. The number of ether oxygens (including phenoxy) is 1. The number of hydrogen-bond donors (Lipinski definition) is 0. The molecule has 0 saturated heterocycles. The number of rotatable bonds is 4. The summed E-state index contributed by atoms with van der Waals surface area (Å²) in [5.41, 5.74) is 0.459. The van der Waals surface area contributed by atoms with Crippen LogP contribution in [-0.4, -0.2) is 12.9 Å². The molecule has 1 aliphatic carbocycles. The Kier molecular flexibility index (Phi) is 4.60. The zero-order chi connectivity index (χ0) is 16.4. The van der Waals surface area contributed by atoms with Crippen molar-refractivity contribution < 1.29 is 9.53 Å². The van der Waals surface area contributed by atoms with E-state index in [9.17, 15) is 10.1 Å². The summed E-state index contributed by atoms with van der Waals surface area (Å²) in [6.45, 7) is 6.18. The fraction of sp³-hybridized carbons (Fsp3) is 0.579. The van der Waals surface area contributed by atoms with Gasteiger partial charge in [0.05, 0.1) is 18.6 Å². The van der Waals surface area contributed by atoms with Crippen molar-refractivity contribution in [2.75, 3.05) is 7.11 Å². The lowest BCUT2D eigenvalue weighted by Gasteiger charge is -2.46. The number of hydrogen-bond acceptors (Lipinski definition) is 3. The zero-order valence-electron chi connectivity index (χ0n) is 14.0. The largest absolute Gasteiger partial charge is 0.496 e. The first-order chi connectivity index (χ1) is 10.3. The number of methoxy groups -OCH3 is 1. The van der Waals surface area contributed by atoms with Crippen LogP contribution in [0.15, 0.2) is 24.3 Å². The summed E-state index contributed by atoms with van der Waals surface area (Å²) in [5.74, 6) is 1.31. The molecule has 3 heteroatoms. The van der Waals surface area contributed by atoms with Gasteiger partial charge in [-0.2, -0.15) is 5.26 Å². The van der Waals surface area contributed by atoms with E-state index < -0.39 is 5.41 Å². The minimum atomic E-state index is -0.569. The first-order valence-electron chi connectivity index (χ1n) is 7.87. The van der Waals surface area contributed by atoms with Crippen molar-refractivity contribution in [2.45, 2.75) is 46.5 Å². The summed E-state index contributed by atoms with van der Waals surface area (Å²) >= 11 is 0.